The van der Waals surface area contributed by atoms with Gasteiger partial charge in [0.2, 0.25) is 5.88 Å². The van der Waals surface area contributed by atoms with Crippen LogP contribution >= 0.6 is 0 Å². The molecule has 0 aliphatic heterocycles. The number of anilines is 1. The molecule has 8 nitrogen and oxygen atoms in total. The number of amides is 1. The Morgan fingerprint density at radius 2 is 2.12 bits per heavy atom. The number of H-pyrrole nitrogens is 1. The normalized spacial score (nSPS) is 10.8. The van der Waals surface area contributed by atoms with Crippen LogP contribution in [0.1, 0.15) is 10.4 Å². The number of carbonyl (C=O) groups excluding carboxylic acids is 1. The molecule has 0 aliphatic carbocycles. The Balaban J connectivity index is 1.62. The monoisotopic (exact) mass is 348 g/mol. The molecule has 0 atom stereocenters. The maximum Gasteiger partial charge on any atom is 0.260 e. The van der Waals surface area contributed by atoms with Crippen LogP contribution in [0.3, 0.4) is 0 Å². The van der Waals surface area contributed by atoms with Gasteiger partial charge in [-0.2, -0.15) is 5.10 Å². The van der Waals surface area contributed by atoms with Crippen LogP contribution in [-0.2, 0) is 7.05 Å². The van der Waals surface area contributed by atoms with Crippen LogP contribution in [0.4, 0.5) is 5.82 Å². The molecular weight excluding hydrogens is 332 g/mol. The number of aromatic nitrogens is 5. The highest BCUT2D eigenvalue weighted by molar-refractivity contribution is 6.04. The van der Waals surface area contributed by atoms with Gasteiger partial charge in [-0.25, -0.2) is 9.97 Å². The van der Waals surface area contributed by atoms with Gasteiger partial charge in [0.15, 0.2) is 0 Å². The fraction of sp³-hybridized carbons (Fsp3) is 0.111. The van der Waals surface area contributed by atoms with Gasteiger partial charge in [-0.05, 0) is 12.1 Å². The molecular formula is C18H16N6O2. The molecule has 130 valence electrons. The fourth-order valence-corrected chi connectivity index (χ4v) is 2.67. The summed E-state index contributed by atoms with van der Waals surface area (Å²) in [6, 6.07) is 7.53. The van der Waals surface area contributed by atoms with E-state index in [-0.39, 0.29) is 5.91 Å². The largest absolute Gasteiger partial charge is 0.481 e. The number of hydrogen-bond acceptors (Lipinski definition) is 5. The first-order chi connectivity index (χ1) is 12.6. The molecule has 4 heterocycles. The molecule has 0 spiro atoms. The van der Waals surface area contributed by atoms with E-state index in [1.165, 1.54) is 6.20 Å². The minimum atomic E-state index is -0.254. The number of carbonyl (C=O) groups is 1. The predicted octanol–water partition coefficient (Wildman–Crippen LogP) is 2.62. The third-order valence-electron chi connectivity index (χ3n) is 3.97. The van der Waals surface area contributed by atoms with Gasteiger partial charge in [0.1, 0.15) is 5.82 Å². The first-order valence-electron chi connectivity index (χ1n) is 7.91. The van der Waals surface area contributed by atoms with E-state index in [4.69, 9.17) is 4.74 Å². The van der Waals surface area contributed by atoms with Gasteiger partial charge >= 0.3 is 0 Å². The van der Waals surface area contributed by atoms with Gasteiger partial charge in [0, 0.05) is 54.4 Å². The summed E-state index contributed by atoms with van der Waals surface area (Å²) < 4.78 is 6.74. The zero-order valence-corrected chi connectivity index (χ0v) is 14.2. The van der Waals surface area contributed by atoms with E-state index >= 15 is 0 Å². The molecule has 26 heavy (non-hydrogen) atoms. The standard InChI is InChI=1S/C18H16N6O2/c1-24-10-13(9-21-24)18(25)23-16-7-15-12(8-20-16)5-14(22-15)11-3-4-19-17(6-11)26-2/h3-10,22H,1-2H3,(H,20,23,25). The third-order valence-corrected chi connectivity index (χ3v) is 3.97. The summed E-state index contributed by atoms with van der Waals surface area (Å²) in [5.41, 5.74) is 3.21. The number of nitrogens with one attached hydrogen (secondary N) is 2. The van der Waals surface area contributed by atoms with Crippen LogP contribution in [0.15, 0.2) is 49.1 Å². The van der Waals surface area contributed by atoms with Gasteiger partial charge in [0.05, 0.1) is 24.4 Å². The van der Waals surface area contributed by atoms with Crippen molar-refractivity contribution in [2.45, 2.75) is 0 Å². The lowest BCUT2D eigenvalue weighted by Gasteiger charge is -2.02. The van der Waals surface area contributed by atoms with Crippen LogP contribution < -0.4 is 10.1 Å². The Morgan fingerprint density at radius 3 is 2.88 bits per heavy atom. The SMILES string of the molecule is COc1cc(-c2cc3cnc(NC(=O)c4cnn(C)c4)cc3[nH]2)ccn1. The van der Waals surface area contributed by atoms with E-state index in [1.807, 2.05) is 18.2 Å². The molecule has 0 unspecified atom stereocenters. The fourth-order valence-electron chi connectivity index (χ4n) is 2.67. The van der Waals surface area contributed by atoms with Gasteiger partial charge in [-0.3, -0.25) is 9.48 Å². The molecule has 2 N–H and O–H groups in total. The lowest BCUT2D eigenvalue weighted by Crippen LogP contribution is -2.12. The van der Waals surface area contributed by atoms with Gasteiger partial charge in [-0.15, -0.1) is 0 Å². The van der Waals surface area contributed by atoms with Gasteiger partial charge in [0.25, 0.3) is 5.91 Å². The summed E-state index contributed by atoms with van der Waals surface area (Å²) in [6.07, 6.45) is 6.57. The summed E-state index contributed by atoms with van der Waals surface area (Å²) in [7, 11) is 3.34. The molecule has 8 heteroatoms. The second kappa shape index (κ2) is 6.32. The van der Waals surface area contributed by atoms with Crippen molar-refractivity contribution in [3.05, 3.63) is 54.6 Å². The van der Waals surface area contributed by atoms with Crippen LogP contribution in [0.2, 0.25) is 0 Å². The Kier molecular flexibility index (Phi) is 3.85. The smallest absolute Gasteiger partial charge is 0.260 e. The molecule has 4 rings (SSSR count). The number of rotatable bonds is 4. The van der Waals surface area contributed by atoms with Crippen LogP contribution in [0.25, 0.3) is 22.2 Å². The maximum atomic E-state index is 12.2. The molecule has 0 aromatic carbocycles. The molecule has 0 bridgehead atoms. The topological polar surface area (TPSA) is 97.7 Å². The highest BCUT2D eigenvalue weighted by Gasteiger charge is 2.11. The lowest BCUT2D eigenvalue weighted by molar-refractivity contribution is 0.102. The number of aromatic amines is 1. The Labute approximate surface area is 148 Å². The van der Waals surface area contributed by atoms with E-state index in [0.717, 1.165) is 22.2 Å². The molecule has 4 aromatic rings. The zero-order valence-electron chi connectivity index (χ0n) is 14.2. The molecule has 0 saturated heterocycles. The average Bonchev–Trinajstić information content (AvgIpc) is 3.27. The van der Waals surface area contributed by atoms with Crippen molar-refractivity contribution in [1.29, 1.82) is 0 Å². The van der Waals surface area contributed by atoms with E-state index in [2.05, 4.69) is 25.4 Å². The van der Waals surface area contributed by atoms with E-state index in [1.54, 1.807) is 43.5 Å². The van der Waals surface area contributed by atoms with Crippen molar-refractivity contribution >= 4 is 22.6 Å². The molecule has 1 amide bonds. The van der Waals surface area contributed by atoms with E-state index in [0.29, 0.717) is 17.3 Å². The number of nitrogens with zero attached hydrogens (tertiary/aromatic N) is 4. The maximum absolute atomic E-state index is 12.2. The van der Waals surface area contributed by atoms with E-state index < -0.39 is 0 Å². The summed E-state index contributed by atoms with van der Waals surface area (Å²) in [6.45, 7) is 0. The van der Waals surface area contributed by atoms with Crippen molar-refractivity contribution in [2.75, 3.05) is 12.4 Å². The number of aryl methyl sites for hydroxylation is 1. The summed E-state index contributed by atoms with van der Waals surface area (Å²) in [5.74, 6) is 0.756. The molecule has 4 aromatic heterocycles. The first kappa shape index (κ1) is 15.8. The van der Waals surface area contributed by atoms with Gasteiger partial charge < -0.3 is 15.0 Å². The lowest BCUT2D eigenvalue weighted by atomic mass is 10.2. The van der Waals surface area contributed by atoms with Crippen molar-refractivity contribution in [3.8, 4) is 17.1 Å². The van der Waals surface area contributed by atoms with Gasteiger partial charge in [-0.1, -0.05) is 0 Å². The first-order valence-corrected chi connectivity index (χ1v) is 7.91. The Bertz CT molecular complexity index is 1100. The quantitative estimate of drug-likeness (QED) is 0.591. The van der Waals surface area contributed by atoms with E-state index in [9.17, 15) is 4.79 Å². The van der Waals surface area contributed by atoms with Crippen molar-refractivity contribution in [1.82, 2.24) is 24.7 Å². The van der Waals surface area contributed by atoms with Crippen LogP contribution in [0.5, 0.6) is 5.88 Å². The minimum absolute atomic E-state index is 0.254. The number of pyridine rings is 2. The number of ether oxygens (including phenoxy) is 1. The average molecular weight is 348 g/mol. The Morgan fingerprint density at radius 1 is 1.23 bits per heavy atom. The van der Waals surface area contributed by atoms with Crippen molar-refractivity contribution < 1.29 is 9.53 Å². The van der Waals surface area contributed by atoms with Crippen molar-refractivity contribution in [3.63, 3.8) is 0 Å². The summed E-state index contributed by atoms with van der Waals surface area (Å²) in [4.78, 5) is 24.0. The number of fused-ring (bicyclic) bond motifs is 1. The Hall–Kier alpha value is -3.68. The third kappa shape index (κ3) is 3.00. The second-order valence-electron chi connectivity index (χ2n) is 5.78. The highest BCUT2D eigenvalue weighted by Crippen LogP contribution is 2.26. The minimum Gasteiger partial charge on any atom is -0.481 e. The molecule has 0 aliphatic rings. The summed E-state index contributed by atoms with van der Waals surface area (Å²) in [5, 5.41) is 7.71. The predicted molar refractivity (Wildman–Crippen MR) is 97.0 cm³/mol. The molecule has 0 saturated carbocycles. The second-order valence-corrected chi connectivity index (χ2v) is 5.78. The van der Waals surface area contributed by atoms with Crippen LogP contribution in [-0.4, -0.2) is 37.7 Å². The zero-order chi connectivity index (χ0) is 18.1. The molecule has 0 radical (unpaired) electrons. The molecule has 0 fully saturated rings. The van der Waals surface area contributed by atoms with Crippen LogP contribution in [0, 0.1) is 0 Å². The summed E-state index contributed by atoms with van der Waals surface area (Å²) >= 11 is 0. The number of hydrogen-bond donors (Lipinski definition) is 2. The number of methoxy groups -OCH3 is 1. The van der Waals surface area contributed by atoms with Crippen molar-refractivity contribution in [2.24, 2.45) is 7.05 Å². The highest BCUT2D eigenvalue weighted by atomic mass is 16.5.